The van der Waals surface area contributed by atoms with Crippen molar-refractivity contribution in [3.05, 3.63) is 47.0 Å². The Morgan fingerprint density at radius 3 is 2.43 bits per heavy atom. The van der Waals surface area contributed by atoms with Crippen LogP contribution in [-0.4, -0.2) is 9.66 Å². The summed E-state index contributed by atoms with van der Waals surface area (Å²) in [6.45, 7) is 0. The minimum absolute atomic E-state index is 0.287. The van der Waals surface area contributed by atoms with Crippen molar-refractivity contribution in [3.63, 3.8) is 0 Å². The van der Waals surface area contributed by atoms with Crippen LogP contribution in [0.3, 0.4) is 0 Å². The fraction of sp³-hybridized carbons (Fsp3) is 0. The fourth-order valence-corrected chi connectivity index (χ4v) is 1.31. The number of nitrogens with zero attached hydrogens (tertiary/aromatic N) is 2. The lowest BCUT2D eigenvalue weighted by Crippen LogP contribution is -2.06. The summed E-state index contributed by atoms with van der Waals surface area (Å²) in [4.78, 5) is 3.85. The van der Waals surface area contributed by atoms with E-state index in [0.717, 1.165) is 5.69 Å². The Labute approximate surface area is 91.3 Å². The van der Waals surface area contributed by atoms with E-state index >= 15 is 0 Å². The van der Waals surface area contributed by atoms with Crippen LogP contribution in [0.25, 0.3) is 0 Å². The molecule has 1 aromatic carbocycles. The molecular weight excluding hydrogens is 221 g/mol. The molecule has 0 saturated carbocycles. The monoisotopic (exact) mass is 227 g/mol. The molecule has 1 N–H and O–H groups in total. The summed E-state index contributed by atoms with van der Waals surface area (Å²) in [5.41, 5.74) is 3.95. The zero-order valence-electron chi connectivity index (χ0n) is 7.11. The smallest absolute Gasteiger partial charge is 0.168 e. The maximum atomic E-state index is 5.86. The molecule has 5 heteroatoms. The van der Waals surface area contributed by atoms with Crippen molar-refractivity contribution >= 4 is 28.9 Å². The average molecular weight is 228 g/mol. The lowest BCUT2D eigenvalue weighted by atomic mass is 10.3. The molecule has 0 bridgehead atoms. The Hall–Kier alpha value is -1.19. The minimum atomic E-state index is 0.287. The Bertz CT molecular complexity index is 425. The Morgan fingerprint density at radius 1 is 1.14 bits per heavy atom. The highest BCUT2D eigenvalue weighted by atomic mass is 35.5. The largest absolute Gasteiger partial charge is 0.292 e. The molecule has 14 heavy (non-hydrogen) atoms. The average Bonchev–Trinajstić information content (AvgIpc) is 2.52. The van der Waals surface area contributed by atoms with Crippen LogP contribution in [0, 0.1) is 0 Å². The van der Waals surface area contributed by atoms with Gasteiger partial charge in [0.1, 0.15) is 6.33 Å². The topological polar surface area (TPSA) is 29.9 Å². The fourth-order valence-electron chi connectivity index (χ4n) is 1.04. The van der Waals surface area contributed by atoms with Gasteiger partial charge in [-0.2, -0.15) is 0 Å². The van der Waals surface area contributed by atoms with E-state index in [0.29, 0.717) is 5.15 Å². The highest BCUT2D eigenvalue weighted by Gasteiger charge is 2.04. The first-order chi connectivity index (χ1) is 6.77. The van der Waals surface area contributed by atoms with Crippen molar-refractivity contribution in [1.82, 2.24) is 9.66 Å². The summed E-state index contributed by atoms with van der Waals surface area (Å²) in [7, 11) is 0. The molecule has 0 aliphatic carbocycles. The predicted octanol–water partition coefficient (Wildman–Crippen LogP) is 3.07. The normalized spacial score (nSPS) is 10.1. The van der Waals surface area contributed by atoms with Gasteiger partial charge in [0.15, 0.2) is 10.3 Å². The van der Waals surface area contributed by atoms with Crippen LogP contribution in [0.1, 0.15) is 0 Å². The maximum absolute atomic E-state index is 5.86. The first-order valence-corrected chi connectivity index (χ1v) is 4.73. The first-order valence-electron chi connectivity index (χ1n) is 3.98. The summed E-state index contributed by atoms with van der Waals surface area (Å²) >= 11 is 11.6. The zero-order chi connectivity index (χ0) is 9.97. The van der Waals surface area contributed by atoms with E-state index < -0.39 is 0 Å². The molecule has 0 unspecified atom stereocenters. The van der Waals surface area contributed by atoms with E-state index in [-0.39, 0.29) is 5.15 Å². The maximum Gasteiger partial charge on any atom is 0.168 e. The number of hydrogen-bond acceptors (Lipinski definition) is 2. The molecular formula is C9H7Cl2N3. The molecule has 1 heterocycles. The second kappa shape index (κ2) is 3.90. The number of anilines is 1. The third kappa shape index (κ3) is 1.84. The molecule has 0 amide bonds. The number of rotatable bonds is 2. The van der Waals surface area contributed by atoms with E-state index in [2.05, 4.69) is 10.4 Å². The highest BCUT2D eigenvalue weighted by molar-refractivity contribution is 6.40. The second-order valence-corrected chi connectivity index (χ2v) is 3.39. The lowest BCUT2D eigenvalue weighted by molar-refractivity contribution is 0.956. The summed E-state index contributed by atoms with van der Waals surface area (Å²) < 4.78 is 1.55. The van der Waals surface area contributed by atoms with Crippen molar-refractivity contribution in [2.75, 3.05) is 5.43 Å². The number of imidazole rings is 1. The summed E-state index contributed by atoms with van der Waals surface area (Å²) in [5.74, 6) is 0. The van der Waals surface area contributed by atoms with Crippen LogP contribution in [0.5, 0.6) is 0 Å². The molecule has 0 atom stereocenters. The lowest BCUT2D eigenvalue weighted by Gasteiger charge is -2.06. The molecule has 2 aromatic rings. The highest BCUT2D eigenvalue weighted by Crippen LogP contribution is 2.19. The molecule has 72 valence electrons. The molecule has 1 aromatic heterocycles. The summed E-state index contributed by atoms with van der Waals surface area (Å²) in [5, 5.41) is 0.658. The predicted molar refractivity (Wildman–Crippen MR) is 57.7 cm³/mol. The van der Waals surface area contributed by atoms with Gasteiger partial charge in [-0.3, -0.25) is 5.43 Å². The van der Waals surface area contributed by atoms with E-state index in [1.54, 1.807) is 4.68 Å². The molecule has 0 aliphatic rings. The number of benzene rings is 1. The van der Waals surface area contributed by atoms with E-state index in [1.807, 2.05) is 30.3 Å². The van der Waals surface area contributed by atoms with E-state index in [4.69, 9.17) is 23.2 Å². The zero-order valence-corrected chi connectivity index (χ0v) is 8.63. The summed E-state index contributed by atoms with van der Waals surface area (Å²) in [6.07, 6.45) is 1.53. The molecule has 0 saturated heterocycles. The third-order valence-corrected chi connectivity index (χ3v) is 2.43. The quantitative estimate of drug-likeness (QED) is 0.855. The van der Waals surface area contributed by atoms with Gasteiger partial charge in [0.2, 0.25) is 0 Å². The standard InChI is InChI=1S/C9H7Cl2N3/c10-8-9(11)14(6-12-8)13-7-4-2-1-3-5-7/h1-6,13H. The van der Waals surface area contributed by atoms with Crippen LogP contribution < -0.4 is 5.43 Å². The molecule has 3 nitrogen and oxygen atoms in total. The van der Waals surface area contributed by atoms with Gasteiger partial charge in [0.25, 0.3) is 0 Å². The van der Waals surface area contributed by atoms with Crippen LogP contribution in [0.2, 0.25) is 10.3 Å². The van der Waals surface area contributed by atoms with Crippen molar-refractivity contribution in [2.45, 2.75) is 0 Å². The number of para-hydroxylation sites is 1. The van der Waals surface area contributed by atoms with Crippen LogP contribution in [0.15, 0.2) is 36.7 Å². The first kappa shape index (κ1) is 9.37. The number of aromatic nitrogens is 2. The van der Waals surface area contributed by atoms with Crippen LogP contribution in [-0.2, 0) is 0 Å². The summed E-state index contributed by atoms with van der Waals surface area (Å²) in [6, 6.07) is 9.63. The number of nitrogens with one attached hydrogen (secondary N) is 1. The second-order valence-electron chi connectivity index (χ2n) is 2.67. The van der Waals surface area contributed by atoms with Gasteiger partial charge in [0.05, 0.1) is 5.69 Å². The van der Waals surface area contributed by atoms with Crippen molar-refractivity contribution in [1.29, 1.82) is 0 Å². The molecule has 0 aliphatic heterocycles. The van der Waals surface area contributed by atoms with Gasteiger partial charge in [0, 0.05) is 0 Å². The van der Waals surface area contributed by atoms with Gasteiger partial charge in [-0.05, 0) is 12.1 Å². The van der Waals surface area contributed by atoms with Gasteiger partial charge in [-0.1, -0.05) is 41.4 Å². The third-order valence-electron chi connectivity index (χ3n) is 1.69. The number of halogens is 2. The van der Waals surface area contributed by atoms with Crippen molar-refractivity contribution in [2.24, 2.45) is 0 Å². The molecule has 0 fully saturated rings. The van der Waals surface area contributed by atoms with Gasteiger partial charge >= 0.3 is 0 Å². The van der Waals surface area contributed by atoms with E-state index in [9.17, 15) is 0 Å². The Balaban J connectivity index is 2.23. The molecule has 0 radical (unpaired) electrons. The van der Waals surface area contributed by atoms with E-state index in [1.165, 1.54) is 6.33 Å². The minimum Gasteiger partial charge on any atom is -0.292 e. The van der Waals surface area contributed by atoms with Crippen LogP contribution >= 0.6 is 23.2 Å². The van der Waals surface area contributed by atoms with Crippen molar-refractivity contribution in [3.8, 4) is 0 Å². The van der Waals surface area contributed by atoms with Crippen molar-refractivity contribution < 1.29 is 0 Å². The Kier molecular flexibility index (Phi) is 2.61. The van der Waals surface area contributed by atoms with Crippen LogP contribution in [0.4, 0.5) is 5.69 Å². The number of hydrogen-bond donors (Lipinski definition) is 1. The van der Waals surface area contributed by atoms with Gasteiger partial charge in [-0.15, -0.1) is 0 Å². The molecule has 0 spiro atoms. The van der Waals surface area contributed by atoms with Gasteiger partial charge < -0.3 is 0 Å². The Morgan fingerprint density at radius 2 is 1.86 bits per heavy atom. The SMILES string of the molecule is Clc1ncn(Nc2ccccc2)c1Cl. The molecule has 2 rings (SSSR count). The van der Waals surface area contributed by atoms with Gasteiger partial charge in [-0.25, -0.2) is 9.66 Å².